The van der Waals surface area contributed by atoms with Gasteiger partial charge in [0.05, 0.1) is 0 Å². The van der Waals surface area contributed by atoms with E-state index in [2.05, 4.69) is 36.4 Å². The Bertz CT molecular complexity index is 1640. The zero-order chi connectivity index (χ0) is 28.1. The Hall–Kier alpha value is -4.62. The number of ether oxygens (including phenoxy) is 1. The van der Waals surface area contributed by atoms with Gasteiger partial charge >= 0.3 is 245 Å². The second kappa shape index (κ2) is 11.9. The van der Waals surface area contributed by atoms with Crippen LogP contribution in [0, 0.1) is 6.92 Å². The van der Waals surface area contributed by atoms with Crippen molar-refractivity contribution in [3.63, 3.8) is 0 Å². The van der Waals surface area contributed by atoms with E-state index in [0.29, 0.717) is 22.9 Å². The van der Waals surface area contributed by atoms with Crippen molar-refractivity contribution in [2.75, 3.05) is 0 Å². The predicted molar refractivity (Wildman–Crippen MR) is 164 cm³/mol. The third kappa shape index (κ3) is 5.28. The predicted octanol–water partition coefficient (Wildman–Crippen LogP) is 5.80. The Morgan fingerprint density at radius 1 is 0.610 bits per heavy atom. The number of carbonyl (C=O) groups excluding carboxylic acids is 1. The zero-order valence-electron chi connectivity index (χ0n) is 22.6. The van der Waals surface area contributed by atoms with Crippen molar-refractivity contribution in [3.05, 3.63) is 163 Å². The van der Waals surface area contributed by atoms with Crippen LogP contribution < -0.4 is 15.5 Å². The first-order valence-corrected chi connectivity index (χ1v) is 18.9. The van der Waals surface area contributed by atoms with E-state index in [1.807, 2.05) is 122 Å². The van der Waals surface area contributed by atoms with Crippen LogP contribution in [0.5, 0.6) is 11.6 Å². The van der Waals surface area contributed by atoms with Crippen molar-refractivity contribution in [2.45, 2.75) is 6.92 Å². The average Bonchev–Trinajstić information content (AvgIpc) is 3.37. The van der Waals surface area contributed by atoms with Gasteiger partial charge in [0.15, 0.2) is 0 Å². The Morgan fingerprint density at radius 3 is 1.49 bits per heavy atom. The Balaban J connectivity index is 1.55. The van der Waals surface area contributed by atoms with Gasteiger partial charge in [-0.2, -0.15) is 0 Å². The molecule has 0 fully saturated rings. The second-order valence-electron chi connectivity index (χ2n) is 9.60. The molecule has 200 valence electrons. The van der Waals surface area contributed by atoms with Gasteiger partial charge in [0, 0.05) is 0 Å². The fourth-order valence-electron chi connectivity index (χ4n) is 5.07. The topological polar surface area (TPSA) is 53.4 Å². The van der Waals surface area contributed by atoms with Crippen molar-refractivity contribution in [1.29, 1.82) is 0 Å². The third-order valence-electron chi connectivity index (χ3n) is 6.97. The van der Waals surface area contributed by atoms with Crippen LogP contribution in [-0.4, -0.2) is 34.5 Å². The second-order valence-corrected chi connectivity index (χ2v) is 19.0. The summed E-state index contributed by atoms with van der Waals surface area (Å²) in [5.41, 5.74) is 1.62. The fraction of sp³-hybridized carbons (Fsp3) is 0.0286. The molecule has 0 atom stereocenters. The molecule has 0 amide bonds. The number of nitrogens with zero attached hydrogens (tertiary/aromatic N) is 2. The number of para-hydroxylation sites is 2. The van der Waals surface area contributed by atoms with E-state index in [9.17, 15) is 4.79 Å². The van der Waals surface area contributed by atoms with Gasteiger partial charge in [0.2, 0.25) is 0 Å². The van der Waals surface area contributed by atoms with Crippen molar-refractivity contribution in [3.8, 4) is 17.3 Å². The Kier molecular flexibility index (Phi) is 7.69. The number of hydrogen-bond acceptors (Lipinski definition) is 4. The van der Waals surface area contributed by atoms with Crippen LogP contribution in [0.2, 0.25) is 0 Å². The normalized spacial score (nSPS) is 11.1. The molecular formula is C35H28N2O3Sn. The number of carbonyl (C=O) groups is 1. The van der Waals surface area contributed by atoms with E-state index in [-0.39, 0.29) is 0 Å². The molecule has 5 nitrogen and oxygen atoms in total. The molecule has 6 heteroatoms. The summed E-state index contributed by atoms with van der Waals surface area (Å²) in [4.78, 5) is 14.6. The summed E-state index contributed by atoms with van der Waals surface area (Å²) in [5, 5.41) is 4.76. The van der Waals surface area contributed by atoms with E-state index >= 15 is 0 Å². The maximum absolute atomic E-state index is 14.6. The fourth-order valence-corrected chi connectivity index (χ4v) is 15.7. The minimum atomic E-state index is -4.39. The Morgan fingerprint density at radius 2 is 1.02 bits per heavy atom. The van der Waals surface area contributed by atoms with Gasteiger partial charge in [-0.1, -0.05) is 0 Å². The van der Waals surface area contributed by atoms with E-state index in [1.165, 1.54) is 0 Å². The van der Waals surface area contributed by atoms with Gasteiger partial charge in [-0.3, -0.25) is 0 Å². The molecule has 0 saturated heterocycles. The number of aromatic nitrogens is 2. The van der Waals surface area contributed by atoms with Crippen LogP contribution in [0.4, 0.5) is 0 Å². The van der Waals surface area contributed by atoms with E-state index in [4.69, 9.17) is 12.9 Å². The van der Waals surface area contributed by atoms with Crippen molar-refractivity contribution in [1.82, 2.24) is 9.78 Å². The monoisotopic (exact) mass is 644 g/mol. The summed E-state index contributed by atoms with van der Waals surface area (Å²) >= 11 is -4.39. The van der Waals surface area contributed by atoms with Crippen LogP contribution in [0.3, 0.4) is 0 Å². The summed E-state index contributed by atoms with van der Waals surface area (Å²) < 4.78 is 18.1. The molecule has 0 aliphatic rings. The summed E-state index contributed by atoms with van der Waals surface area (Å²) in [6.45, 7) is 1.82. The molecule has 0 bridgehead atoms. The standard InChI is InChI=1S/C17H14N2O3.3C6H5.Sn/c1-12-15(17(20)21)16(22-14-10-6-3-7-11-14)19(18-12)13-8-4-2-5-9-13;3*1-2-4-6-5-3-1;/h2-11H,1H3,(H,20,21);3*1-5H;/q;;;;+1/p-1. The molecule has 5 aromatic carbocycles. The van der Waals surface area contributed by atoms with Crippen LogP contribution in [0.15, 0.2) is 152 Å². The first kappa shape index (κ1) is 26.6. The molecule has 1 aromatic heterocycles. The van der Waals surface area contributed by atoms with Crippen LogP contribution in [0.25, 0.3) is 5.69 Å². The summed E-state index contributed by atoms with van der Waals surface area (Å²) in [6.07, 6.45) is 0. The first-order valence-electron chi connectivity index (χ1n) is 13.4. The molecule has 0 saturated carbocycles. The summed E-state index contributed by atoms with van der Waals surface area (Å²) in [6, 6.07) is 49.5. The van der Waals surface area contributed by atoms with Crippen molar-refractivity contribution >= 4 is 35.5 Å². The molecule has 0 spiro atoms. The molecular weight excluding hydrogens is 615 g/mol. The van der Waals surface area contributed by atoms with Gasteiger partial charge in [-0.15, -0.1) is 0 Å². The van der Waals surface area contributed by atoms with E-state index < -0.39 is 24.8 Å². The van der Waals surface area contributed by atoms with Gasteiger partial charge < -0.3 is 0 Å². The molecule has 0 aliphatic heterocycles. The van der Waals surface area contributed by atoms with Gasteiger partial charge in [0.1, 0.15) is 0 Å². The van der Waals surface area contributed by atoms with Crippen molar-refractivity contribution in [2.24, 2.45) is 0 Å². The maximum atomic E-state index is 14.6. The quantitative estimate of drug-likeness (QED) is 0.197. The van der Waals surface area contributed by atoms with E-state index in [0.717, 1.165) is 16.4 Å². The first-order chi connectivity index (χ1) is 20.2. The van der Waals surface area contributed by atoms with Crippen LogP contribution in [-0.2, 0) is 3.07 Å². The molecule has 6 aromatic rings. The van der Waals surface area contributed by atoms with Crippen molar-refractivity contribution < 1.29 is 12.6 Å². The summed E-state index contributed by atoms with van der Waals surface area (Å²) in [7, 11) is 0. The number of hydrogen-bond donors (Lipinski definition) is 0. The molecule has 1 heterocycles. The number of rotatable bonds is 8. The minimum absolute atomic E-state index is 0.307. The Labute approximate surface area is 244 Å². The van der Waals surface area contributed by atoms with Crippen LogP contribution >= 0.6 is 0 Å². The van der Waals surface area contributed by atoms with Gasteiger partial charge in [-0.25, -0.2) is 0 Å². The molecule has 6 rings (SSSR count). The number of benzene rings is 5. The number of aryl methyl sites for hydroxylation is 1. The molecule has 0 unspecified atom stereocenters. The van der Waals surface area contributed by atoms with Crippen LogP contribution in [0.1, 0.15) is 16.1 Å². The summed E-state index contributed by atoms with van der Waals surface area (Å²) in [5.74, 6) is 0.463. The molecule has 0 aliphatic carbocycles. The SMILES string of the molecule is Cc1nn(-c2ccccc2)c(Oc2ccccc2)c1C(=O)[O][Sn]([c]1ccccc1)([c]1ccccc1)[c]1ccccc1. The zero-order valence-corrected chi connectivity index (χ0v) is 25.4. The average molecular weight is 643 g/mol. The van der Waals surface area contributed by atoms with Gasteiger partial charge in [-0.05, 0) is 0 Å². The molecule has 0 N–H and O–H groups in total. The van der Waals surface area contributed by atoms with E-state index in [1.54, 1.807) is 4.68 Å². The molecule has 0 radical (unpaired) electrons. The third-order valence-corrected chi connectivity index (χ3v) is 18.2. The van der Waals surface area contributed by atoms with Gasteiger partial charge in [0.25, 0.3) is 0 Å². The molecule has 41 heavy (non-hydrogen) atoms.